The first-order chi connectivity index (χ1) is 9.29. The molecule has 112 valence electrons. The summed E-state index contributed by atoms with van der Waals surface area (Å²) < 4.78 is 37.0. The number of halogens is 3. The second-order valence-corrected chi connectivity index (χ2v) is 5.70. The molecule has 0 heterocycles. The number of nitrogens with two attached hydrogens (primary N) is 1. The van der Waals surface area contributed by atoms with Crippen LogP contribution >= 0.6 is 0 Å². The smallest absolute Gasteiger partial charge is 0.323 e. The molecular formula is C15H21F3N2. The van der Waals surface area contributed by atoms with Crippen molar-refractivity contribution in [1.29, 1.82) is 0 Å². The first kappa shape index (κ1) is 15.3. The predicted octanol–water partition coefficient (Wildman–Crippen LogP) is 3.45. The van der Waals surface area contributed by atoms with Gasteiger partial charge in [0, 0.05) is 18.6 Å². The Kier molecular flexibility index (Phi) is 4.39. The summed E-state index contributed by atoms with van der Waals surface area (Å²) in [5.41, 5.74) is 8.56. The van der Waals surface area contributed by atoms with Gasteiger partial charge in [-0.1, -0.05) is 31.2 Å². The molecule has 1 aromatic rings. The maximum absolute atomic E-state index is 12.3. The minimum absolute atomic E-state index is 0.00322. The third-order valence-electron chi connectivity index (χ3n) is 4.21. The summed E-state index contributed by atoms with van der Waals surface area (Å²) in [4.78, 5) is 1.75. The molecule has 0 saturated carbocycles. The molecule has 0 spiro atoms. The van der Waals surface area contributed by atoms with E-state index in [0.717, 1.165) is 12.0 Å². The second kappa shape index (κ2) is 5.74. The number of hydrogen-bond donors (Lipinski definition) is 1. The van der Waals surface area contributed by atoms with Crippen LogP contribution in [0, 0.1) is 0 Å². The fourth-order valence-corrected chi connectivity index (χ4v) is 3.03. The van der Waals surface area contributed by atoms with Gasteiger partial charge >= 0.3 is 6.18 Å². The van der Waals surface area contributed by atoms with E-state index in [1.165, 1.54) is 5.56 Å². The highest BCUT2D eigenvalue weighted by molar-refractivity contribution is 5.36. The molecule has 0 aliphatic heterocycles. The van der Waals surface area contributed by atoms with Crippen LogP contribution in [0.3, 0.4) is 0 Å². The van der Waals surface area contributed by atoms with Crippen molar-refractivity contribution in [3.63, 3.8) is 0 Å². The molecule has 0 saturated heterocycles. The van der Waals surface area contributed by atoms with Crippen molar-refractivity contribution in [2.75, 3.05) is 13.6 Å². The van der Waals surface area contributed by atoms with Crippen molar-refractivity contribution < 1.29 is 13.2 Å². The third-order valence-corrected chi connectivity index (χ3v) is 4.21. The average molecular weight is 286 g/mol. The summed E-state index contributed by atoms with van der Waals surface area (Å²) in [5, 5.41) is 0. The summed E-state index contributed by atoms with van der Waals surface area (Å²) >= 11 is 0. The van der Waals surface area contributed by atoms with Gasteiger partial charge in [0.25, 0.3) is 0 Å². The quantitative estimate of drug-likeness (QED) is 0.922. The Bertz CT molecular complexity index is 459. The summed E-state index contributed by atoms with van der Waals surface area (Å²) in [6.07, 6.45) is -4.11. The highest BCUT2D eigenvalue weighted by Crippen LogP contribution is 2.38. The van der Waals surface area contributed by atoms with Crippen molar-refractivity contribution in [3.8, 4) is 0 Å². The minimum Gasteiger partial charge on any atom is -0.323 e. The van der Waals surface area contributed by atoms with Crippen molar-refractivity contribution in [1.82, 2.24) is 4.90 Å². The molecule has 0 aromatic heterocycles. The maximum Gasteiger partial charge on any atom is 0.390 e. The van der Waals surface area contributed by atoms with E-state index in [2.05, 4.69) is 13.0 Å². The van der Waals surface area contributed by atoms with Crippen LogP contribution < -0.4 is 5.73 Å². The van der Waals surface area contributed by atoms with Gasteiger partial charge in [-0.15, -0.1) is 0 Å². The first-order valence-corrected chi connectivity index (χ1v) is 6.91. The van der Waals surface area contributed by atoms with Gasteiger partial charge in [0.2, 0.25) is 0 Å². The molecule has 0 bridgehead atoms. The normalized spacial score (nSPS) is 26.6. The molecule has 5 heteroatoms. The maximum atomic E-state index is 12.3. The monoisotopic (exact) mass is 286 g/mol. The SMILES string of the molecule is CC1CC(N(C)CCC(F)(F)F)C(N)c2ccccc21. The topological polar surface area (TPSA) is 29.3 Å². The highest BCUT2D eigenvalue weighted by atomic mass is 19.4. The number of rotatable bonds is 3. The molecule has 2 rings (SSSR count). The van der Waals surface area contributed by atoms with E-state index >= 15 is 0 Å². The van der Waals surface area contributed by atoms with E-state index < -0.39 is 12.6 Å². The van der Waals surface area contributed by atoms with Crippen LogP contribution in [0.15, 0.2) is 24.3 Å². The van der Waals surface area contributed by atoms with Gasteiger partial charge in [0.15, 0.2) is 0 Å². The lowest BCUT2D eigenvalue weighted by Gasteiger charge is -2.40. The van der Waals surface area contributed by atoms with Crippen molar-refractivity contribution >= 4 is 0 Å². The molecule has 1 aliphatic carbocycles. The molecule has 2 nitrogen and oxygen atoms in total. The standard InChI is InChI=1S/C15H21F3N2/c1-10-9-13(20(2)8-7-15(16,17)18)14(19)12-6-4-3-5-11(10)12/h3-6,10,13-14H,7-9,19H2,1-2H3. The van der Waals surface area contributed by atoms with E-state index in [-0.39, 0.29) is 18.6 Å². The average Bonchev–Trinajstić information content (AvgIpc) is 2.39. The van der Waals surface area contributed by atoms with Gasteiger partial charge in [0.05, 0.1) is 6.42 Å². The van der Waals surface area contributed by atoms with Crippen molar-refractivity contribution in [2.24, 2.45) is 5.73 Å². The zero-order chi connectivity index (χ0) is 14.9. The van der Waals surface area contributed by atoms with Gasteiger partial charge in [-0.05, 0) is 30.5 Å². The van der Waals surface area contributed by atoms with Gasteiger partial charge < -0.3 is 10.6 Å². The van der Waals surface area contributed by atoms with Gasteiger partial charge in [0.1, 0.15) is 0 Å². The van der Waals surface area contributed by atoms with E-state index in [1.54, 1.807) is 11.9 Å². The molecule has 2 N–H and O–H groups in total. The number of hydrogen-bond acceptors (Lipinski definition) is 2. The lowest BCUT2D eigenvalue weighted by atomic mass is 9.78. The molecule has 1 aromatic carbocycles. The molecule has 0 fully saturated rings. The van der Waals surface area contributed by atoms with E-state index in [1.807, 2.05) is 18.2 Å². The van der Waals surface area contributed by atoms with Crippen LogP contribution in [0.1, 0.15) is 42.9 Å². The first-order valence-electron chi connectivity index (χ1n) is 6.91. The summed E-state index contributed by atoms with van der Waals surface area (Å²) in [6.45, 7) is 2.10. The Labute approximate surface area is 117 Å². The Hall–Kier alpha value is -1.07. The number of nitrogens with zero attached hydrogens (tertiary/aromatic N) is 1. The zero-order valence-electron chi connectivity index (χ0n) is 11.8. The van der Waals surface area contributed by atoms with Crippen molar-refractivity contribution in [2.45, 2.75) is 43.9 Å². The lowest BCUT2D eigenvalue weighted by Crippen LogP contribution is -2.45. The largest absolute Gasteiger partial charge is 0.390 e. The number of alkyl halides is 3. The van der Waals surface area contributed by atoms with E-state index in [9.17, 15) is 13.2 Å². The Morgan fingerprint density at radius 3 is 2.45 bits per heavy atom. The van der Waals surface area contributed by atoms with Crippen LogP contribution in [0.25, 0.3) is 0 Å². The van der Waals surface area contributed by atoms with E-state index in [0.29, 0.717) is 5.92 Å². The van der Waals surface area contributed by atoms with Gasteiger partial charge in [-0.3, -0.25) is 0 Å². The van der Waals surface area contributed by atoms with Crippen LogP contribution in [-0.4, -0.2) is 30.7 Å². The van der Waals surface area contributed by atoms with Crippen LogP contribution in [0.5, 0.6) is 0 Å². The second-order valence-electron chi connectivity index (χ2n) is 5.70. The fourth-order valence-electron chi connectivity index (χ4n) is 3.03. The molecule has 20 heavy (non-hydrogen) atoms. The fraction of sp³-hybridized carbons (Fsp3) is 0.600. The van der Waals surface area contributed by atoms with Crippen LogP contribution in [0.2, 0.25) is 0 Å². The van der Waals surface area contributed by atoms with Crippen LogP contribution in [0.4, 0.5) is 13.2 Å². The van der Waals surface area contributed by atoms with Gasteiger partial charge in [-0.2, -0.15) is 13.2 Å². The Morgan fingerprint density at radius 2 is 1.85 bits per heavy atom. The predicted molar refractivity (Wildman–Crippen MR) is 73.5 cm³/mol. The summed E-state index contributed by atoms with van der Waals surface area (Å²) in [7, 11) is 1.73. The number of likely N-dealkylation sites (N-methyl/N-ethyl adjacent to an activating group) is 1. The molecule has 3 atom stereocenters. The number of benzene rings is 1. The Balaban J connectivity index is 2.11. The molecule has 0 radical (unpaired) electrons. The number of fused-ring (bicyclic) bond motifs is 1. The third kappa shape index (κ3) is 3.33. The zero-order valence-corrected chi connectivity index (χ0v) is 11.8. The molecule has 1 aliphatic rings. The summed E-state index contributed by atoms with van der Waals surface area (Å²) in [6, 6.07) is 7.70. The lowest BCUT2D eigenvalue weighted by molar-refractivity contribution is -0.138. The van der Waals surface area contributed by atoms with Crippen molar-refractivity contribution in [3.05, 3.63) is 35.4 Å². The highest BCUT2D eigenvalue weighted by Gasteiger charge is 2.35. The molecule has 3 unspecified atom stereocenters. The van der Waals surface area contributed by atoms with Gasteiger partial charge in [-0.25, -0.2) is 0 Å². The van der Waals surface area contributed by atoms with E-state index in [4.69, 9.17) is 5.73 Å². The van der Waals surface area contributed by atoms with Crippen LogP contribution in [-0.2, 0) is 0 Å². The molecular weight excluding hydrogens is 265 g/mol. The molecule has 0 amide bonds. The summed E-state index contributed by atoms with van der Waals surface area (Å²) in [5.74, 6) is 0.323. The Morgan fingerprint density at radius 1 is 1.25 bits per heavy atom. The minimum atomic E-state index is -4.11.